The molecule has 11 nitrogen and oxygen atoms in total. The molecule has 13 heteroatoms. The number of thiophene rings is 1. The monoisotopic (exact) mass is 837 g/mol. The Morgan fingerprint density at radius 3 is 2.37 bits per heavy atom. The van der Waals surface area contributed by atoms with Gasteiger partial charge in [0.05, 0.1) is 40.8 Å². The molecule has 1 saturated carbocycles. The van der Waals surface area contributed by atoms with Gasteiger partial charge in [-0.2, -0.15) is 5.10 Å². The Morgan fingerprint density at radius 2 is 1.63 bits per heavy atom. The lowest BCUT2D eigenvalue weighted by atomic mass is 9.51. The molecule has 10 rings (SSSR count). The number of benzene rings is 4. The van der Waals surface area contributed by atoms with Crippen LogP contribution in [0.3, 0.4) is 0 Å². The summed E-state index contributed by atoms with van der Waals surface area (Å²) in [4.78, 5) is 62.6. The van der Waals surface area contributed by atoms with Crippen LogP contribution in [-0.4, -0.2) is 45.6 Å². The minimum atomic E-state index is -1.31. The van der Waals surface area contributed by atoms with E-state index in [1.807, 2.05) is 80.6 Å². The van der Waals surface area contributed by atoms with Crippen molar-refractivity contribution in [1.29, 1.82) is 0 Å². The van der Waals surface area contributed by atoms with Crippen molar-refractivity contribution in [2.75, 3.05) is 22.2 Å². The third kappa shape index (κ3) is 5.57. The Kier molecular flexibility index (Phi) is 8.82. The largest absolute Gasteiger partial charge is 0.504 e. The van der Waals surface area contributed by atoms with E-state index in [9.17, 15) is 19.5 Å². The van der Waals surface area contributed by atoms with Crippen molar-refractivity contribution in [2.24, 2.45) is 36.1 Å². The van der Waals surface area contributed by atoms with Gasteiger partial charge in [0, 0.05) is 40.1 Å². The first-order valence-electron chi connectivity index (χ1n) is 19.9. The second-order valence-electron chi connectivity index (χ2n) is 16.4. The van der Waals surface area contributed by atoms with Crippen LogP contribution < -0.4 is 19.9 Å². The van der Waals surface area contributed by atoms with Crippen molar-refractivity contribution in [3.05, 3.63) is 125 Å². The molecule has 2 N–H and O–H groups in total. The highest BCUT2D eigenvalue weighted by atomic mass is 35.5. The standard InChI is InChI=1S/C47H40ClN5O6S/c1-24-32-21-26(48)11-19-38(32)60-42(24)35-23-39(51(3)50-35)53-44(56)34-22-33-30(41(47(34,2)46(53)58)25-10-18-37(59-4)36(54)20-25)16-17-31-40(33)45(57)52(43(31)55)29-14-12-28(13-15-29)49-27-8-6-5-7-9-27/h5-16,18-21,23,31,33-34,40-41,49,54H,17,22H2,1-4H3. The topological polar surface area (TPSA) is 134 Å². The molecule has 60 heavy (non-hydrogen) atoms. The van der Waals surface area contributed by atoms with E-state index in [2.05, 4.69) is 5.32 Å². The van der Waals surface area contributed by atoms with E-state index in [1.54, 1.807) is 59.5 Å². The SMILES string of the molecule is COc1ccc(C2C3=CCC4C(=O)N(c5ccc(Nc6ccccc6)cc5)C(=O)C4C3CC3C(=O)N(c4cc(-c5sc6ccc(Cl)cc6c5C)nn4C)C(=O)C32C)cc1O. The number of ether oxygens (including phenoxy) is 1. The van der Waals surface area contributed by atoms with Gasteiger partial charge in [-0.15, -0.1) is 11.3 Å². The van der Waals surface area contributed by atoms with Gasteiger partial charge in [0.2, 0.25) is 23.6 Å². The van der Waals surface area contributed by atoms with Gasteiger partial charge >= 0.3 is 0 Å². The number of fused-ring (bicyclic) bond motifs is 5. The lowest BCUT2D eigenvalue weighted by molar-refractivity contribution is -0.131. The van der Waals surface area contributed by atoms with Crippen LogP contribution in [0.15, 0.2) is 109 Å². The number of aromatic nitrogens is 2. The zero-order chi connectivity index (χ0) is 41.8. The Balaban J connectivity index is 1.03. The number of hydrogen-bond donors (Lipinski definition) is 2. The fraction of sp³-hybridized carbons (Fsp3) is 0.255. The number of carbonyl (C=O) groups is 4. The Labute approximate surface area is 354 Å². The maximum atomic E-state index is 15.2. The van der Waals surface area contributed by atoms with Crippen LogP contribution in [0.5, 0.6) is 11.5 Å². The van der Waals surface area contributed by atoms with Crippen molar-refractivity contribution in [3.8, 4) is 22.1 Å². The first-order valence-corrected chi connectivity index (χ1v) is 21.1. The molecule has 6 aromatic rings. The number of rotatable bonds is 7. The second-order valence-corrected chi connectivity index (χ2v) is 17.8. The van der Waals surface area contributed by atoms with Crippen LogP contribution in [0.4, 0.5) is 22.9 Å². The molecule has 0 radical (unpaired) electrons. The molecule has 2 saturated heterocycles. The number of aryl methyl sites for hydroxylation is 2. The van der Waals surface area contributed by atoms with E-state index in [0.717, 1.165) is 37.5 Å². The number of hydrogen-bond acceptors (Lipinski definition) is 9. The number of aromatic hydroxyl groups is 1. The average molecular weight is 838 g/mol. The summed E-state index contributed by atoms with van der Waals surface area (Å²) < 4.78 is 7.99. The van der Waals surface area contributed by atoms with Crippen molar-refractivity contribution in [1.82, 2.24) is 9.78 Å². The number of amides is 4. The molecule has 4 heterocycles. The van der Waals surface area contributed by atoms with Crippen LogP contribution >= 0.6 is 22.9 Å². The first-order chi connectivity index (χ1) is 28.9. The van der Waals surface area contributed by atoms with Crippen molar-refractivity contribution >= 4 is 79.5 Å². The molecule has 2 aliphatic carbocycles. The van der Waals surface area contributed by atoms with E-state index in [0.29, 0.717) is 34.2 Å². The molecule has 6 unspecified atom stereocenters. The minimum absolute atomic E-state index is 0.111. The van der Waals surface area contributed by atoms with Crippen molar-refractivity contribution in [3.63, 3.8) is 0 Å². The number of nitrogens with one attached hydrogen (secondary N) is 1. The summed E-state index contributed by atoms with van der Waals surface area (Å²) >= 11 is 7.90. The highest BCUT2D eigenvalue weighted by Crippen LogP contribution is 2.64. The molecule has 6 atom stereocenters. The second kappa shape index (κ2) is 13.9. The molecule has 4 aromatic carbocycles. The molecule has 4 amide bonds. The highest BCUT2D eigenvalue weighted by molar-refractivity contribution is 7.22. The van der Waals surface area contributed by atoms with Crippen LogP contribution in [-0.2, 0) is 26.2 Å². The summed E-state index contributed by atoms with van der Waals surface area (Å²) in [6.45, 7) is 3.83. The summed E-state index contributed by atoms with van der Waals surface area (Å²) in [5, 5.41) is 20.9. The number of methoxy groups -OCH3 is 1. The van der Waals surface area contributed by atoms with Gasteiger partial charge in [-0.05, 0) is 116 Å². The first kappa shape index (κ1) is 38.0. The van der Waals surface area contributed by atoms with E-state index in [1.165, 1.54) is 16.9 Å². The summed E-state index contributed by atoms with van der Waals surface area (Å²) in [5.74, 6) is -4.38. The van der Waals surface area contributed by atoms with Crippen LogP contribution in [0.2, 0.25) is 5.02 Å². The molecule has 0 bridgehead atoms. The van der Waals surface area contributed by atoms with E-state index in [-0.39, 0.29) is 29.7 Å². The summed E-state index contributed by atoms with van der Waals surface area (Å²) in [7, 11) is 3.18. The van der Waals surface area contributed by atoms with Crippen molar-refractivity contribution in [2.45, 2.75) is 32.6 Å². The Morgan fingerprint density at radius 1 is 0.883 bits per heavy atom. The number of para-hydroxylation sites is 1. The highest BCUT2D eigenvalue weighted by Gasteiger charge is 2.68. The van der Waals surface area contributed by atoms with Gasteiger partial charge in [-0.25, -0.2) is 4.90 Å². The quantitative estimate of drug-likeness (QED) is 0.120. The number of halogens is 1. The van der Waals surface area contributed by atoms with Gasteiger partial charge in [0.25, 0.3) is 0 Å². The molecule has 2 aliphatic heterocycles. The van der Waals surface area contributed by atoms with Gasteiger partial charge in [0.15, 0.2) is 11.5 Å². The number of anilines is 4. The number of phenols is 1. The number of imide groups is 2. The summed E-state index contributed by atoms with van der Waals surface area (Å²) in [6, 6.07) is 29.5. The lowest BCUT2D eigenvalue weighted by Gasteiger charge is -2.49. The molecular formula is C47H40ClN5O6S. The summed E-state index contributed by atoms with van der Waals surface area (Å²) in [5.41, 5.74) is 3.92. The fourth-order valence-corrected chi connectivity index (χ4v) is 11.7. The van der Waals surface area contributed by atoms with Crippen LogP contribution in [0.25, 0.3) is 20.7 Å². The normalized spacial score (nSPS) is 24.8. The Bertz CT molecular complexity index is 2830. The maximum absolute atomic E-state index is 15.2. The number of allylic oxidation sites excluding steroid dienone is 2. The van der Waals surface area contributed by atoms with Crippen molar-refractivity contribution < 1.29 is 29.0 Å². The number of carbonyl (C=O) groups excluding carboxylic acids is 4. The average Bonchev–Trinajstić information content (AvgIpc) is 3.91. The predicted molar refractivity (Wildman–Crippen MR) is 232 cm³/mol. The molecule has 302 valence electrons. The zero-order valence-corrected chi connectivity index (χ0v) is 34.8. The number of phenolic OH excluding ortho intramolecular Hbond substituents is 1. The molecular weight excluding hydrogens is 798 g/mol. The zero-order valence-electron chi connectivity index (χ0n) is 33.2. The van der Waals surface area contributed by atoms with E-state index >= 15 is 4.79 Å². The van der Waals surface area contributed by atoms with Gasteiger partial charge in [0.1, 0.15) is 11.5 Å². The molecule has 2 aromatic heterocycles. The van der Waals surface area contributed by atoms with Gasteiger partial charge < -0.3 is 15.2 Å². The fourth-order valence-electron chi connectivity index (χ4n) is 10.4. The van der Waals surface area contributed by atoms with Gasteiger partial charge in [-0.1, -0.05) is 47.5 Å². The third-order valence-corrected chi connectivity index (χ3v) is 14.7. The predicted octanol–water partition coefficient (Wildman–Crippen LogP) is 9.16. The minimum Gasteiger partial charge on any atom is -0.504 e. The smallest absolute Gasteiger partial charge is 0.242 e. The Hall–Kier alpha value is -6.24. The lowest BCUT2D eigenvalue weighted by Crippen LogP contribution is -2.48. The molecule has 4 aliphatic rings. The third-order valence-electron chi connectivity index (χ3n) is 13.2. The van der Waals surface area contributed by atoms with E-state index < -0.39 is 46.8 Å². The summed E-state index contributed by atoms with van der Waals surface area (Å²) in [6.07, 6.45) is 2.48. The van der Waals surface area contributed by atoms with E-state index in [4.69, 9.17) is 21.4 Å². The maximum Gasteiger partial charge on any atom is 0.242 e. The van der Waals surface area contributed by atoms with Crippen LogP contribution in [0, 0.1) is 36.0 Å². The van der Waals surface area contributed by atoms with Crippen LogP contribution in [0.1, 0.15) is 36.8 Å². The van der Waals surface area contributed by atoms with Gasteiger partial charge in [-0.3, -0.25) is 28.8 Å². The molecule has 3 fully saturated rings. The number of nitrogens with zero attached hydrogens (tertiary/aromatic N) is 4. The molecule has 0 spiro atoms.